The molecule has 0 spiro atoms. The number of benzene rings is 1. The van der Waals surface area contributed by atoms with E-state index in [1.807, 2.05) is 0 Å². The molecule has 20 heavy (non-hydrogen) atoms. The second kappa shape index (κ2) is 6.18. The van der Waals surface area contributed by atoms with Crippen LogP contribution in [-0.2, 0) is 9.59 Å². The third kappa shape index (κ3) is 3.81. The molecule has 0 aromatic heterocycles. The van der Waals surface area contributed by atoms with Crippen molar-refractivity contribution in [2.45, 2.75) is 32.7 Å². The van der Waals surface area contributed by atoms with Gasteiger partial charge < -0.3 is 15.7 Å². The second-order valence-electron chi connectivity index (χ2n) is 4.70. The van der Waals surface area contributed by atoms with Gasteiger partial charge in [0.2, 0.25) is 5.91 Å². The lowest BCUT2D eigenvalue weighted by Gasteiger charge is -2.24. The molecule has 108 valence electrons. The van der Waals surface area contributed by atoms with Gasteiger partial charge in [-0.3, -0.25) is 9.59 Å². The summed E-state index contributed by atoms with van der Waals surface area (Å²) in [6.07, 6.45) is 0.276. The molecule has 2 amide bonds. The number of aliphatic carboxylic acids is 1. The van der Waals surface area contributed by atoms with Crippen molar-refractivity contribution in [1.29, 1.82) is 0 Å². The SMILES string of the molecule is CCC(C)(NC(=O)c1ccc(NC(C)=O)cc1)C(=O)O. The fraction of sp³-hybridized carbons (Fsp3) is 0.357. The first-order chi connectivity index (χ1) is 9.28. The Kier molecular flexibility index (Phi) is 4.85. The van der Waals surface area contributed by atoms with E-state index in [0.29, 0.717) is 11.3 Å². The lowest BCUT2D eigenvalue weighted by atomic mass is 9.98. The first-order valence-corrected chi connectivity index (χ1v) is 6.22. The molecule has 6 heteroatoms. The summed E-state index contributed by atoms with van der Waals surface area (Å²) in [5, 5.41) is 14.2. The highest BCUT2D eigenvalue weighted by Gasteiger charge is 2.32. The normalized spacial score (nSPS) is 13.2. The average molecular weight is 278 g/mol. The van der Waals surface area contributed by atoms with Gasteiger partial charge in [0.05, 0.1) is 0 Å². The van der Waals surface area contributed by atoms with Gasteiger partial charge >= 0.3 is 5.97 Å². The summed E-state index contributed by atoms with van der Waals surface area (Å²) in [7, 11) is 0. The molecule has 6 nitrogen and oxygen atoms in total. The lowest BCUT2D eigenvalue weighted by molar-refractivity contribution is -0.143. The van der Waals surface area contributed by atoms with Crippen LogP contribution in [0.2, 0.25) is 0 Å². The summed E-state index contributed by atoms with van der Waals surface area (Å²) in [5.74, 6) is -1.75. The zero-order valence-electron chi connectivity index (χ0n) is 11.7. The van der Waals surface area contributed by atoms with Gasteiger partial charge in [0.15, 0.2) is 0 Å². The van der Waals surface area contributed by atoms with Crippen LogP contribution in [0.5, 0.6) is 0 Å². The number of carbonyl (C=O) groups excluding carboxylic acids is 2. The molecular formula is C14H18N2O4. The van der Waals surface area contributed by atoms with Crippen molar-refractivity contribution < 1.29 is 19.5 Å². The molecule has 0 heterocycles. The third-order valence-electron chi connectivity index (χ3n) is 3.04. The average Bonchev–Trinajstić information content (AvgIpc) is 2.38. The monoisotopic (exact) mass is 278 g/mol. The van der Waals surface area contributed by atoms with Crippen LogP contribution in [-0.4, -0.2) is 28.4 Å². The highest BCUT2D eigenvalue weighted by atomic mass is 16.4. The van der Waals surface area contributed by atoms with Crippen molar-refractivity contribution in [2.75, 3.05) is 5.32 Å². The van der Waals surface area contributed by atoms with E-state index in [2.05, 4.69) is 10.6 Å². The standard InChI is InChI=1S/C14H18N2O4/c1-4-14(3,13(19)20)16-12(18)10-5-7-11(8-6-10)15-9(2)17/h5-8H,4H2,1-3H3,(H,15,17)(H,16,18)(H,19,20). The second-order valence-corrected chi connectivity index (χ2v) is 4.70. The maximum absolute atomic E-state index is 12.0. The van der Waals surface area contributed by atoms with Crippen LogP contribution in [0.25, 0.3) is 0 Å². The quantitative estimate of drug-likeness (QED) is 0.762. The van der Waals surface area contributed by atoms with Gasteiger partial charge in [-0.05, 0) is 37.6 Å². The van der Waals surface area contributed by atoms with Crippen molar-refractivity contribution in [3.63, 3.8) is 0 Å². The molecule has 0 fully saturated rings. The van der Waals surface area contributed by atoms with E-state index in [1.54, 1.807) is 19.1 Å². The minimum atomic E-state index is -1.30. The number of hydrogen-bond donors (Lipinski definition) is 3. The highest BCUT2D eigenvalue weighted by Crippen LogP contribution is 2.13. The Bertz CT molecular complexity index is 524. The van der Waals surface area contributed by atoms with Gasteiger partial charge in [0.1, 0.15) is 5.54 Å². The summed E-state index contributed by atoms with van der Waals surface area (Å²) >= 11 is 0. The highest BCUT2D eigenvalue weighted by molar-refractivity contribution is 5.98. The predicted molar refractivity (Wildman–Crippen MR) is 74.5 cm³/mol. The van der Waals surface area contributed by atoms with E-state index in [9.17, 15) is 14.4 Å². The van der Waals surface area contributed by atoms with E-state index in [1.165, 1.54) is 26.0 Å². The summed E-state index contributed by atoms with van der Waals surface area (Å²) in [5.41, 5.74) is -0.390. The summed E-state index contributed by atoms with van der Waals surface area (Å²) in [6, 6.07) is 6.22. The zero-order chi connectivity index (χ0) is 15.3. The molecule has 0 bridgehead atoms. The van der Waals surface area contributed by atoms with Crippen molar-refractivity contribution in [3.05, 3.63) is 29.8 Å². The Morgan fingerprint density at radius 3 is 2.15 bits per heavy atom. The number of amides is 2. The fourth-order valence-electron chi connectivity index (χ4n) is 1.52. The summed E-state index contributed by atoms with van der Waals surface area (Å²) in [4.78, 5) is 34.0. The fourth-order valence-corrected chi connectivity index (χ4v) is 1.52. The van der Waals surface area contributed by atoms with Crippen LogP contribution in [0.15, 0.2) is 24.3 Å². The van der Waals surface area contributed by atoms with E-state index in [-0.39, 0.29) is 12.3 Å². The third-order valence-corrected chi connectivity index (χ3v) is 3.04. The minimum Gasteiger partial charge on any atom is -0.480 e. The maximum atomic E-state index is 12.0. The van der Waals surface area contributed by atoms with Crippen LogP contribution < -0.4 is 10.6 Å². The van der Waals surface area contributed by atoms with Gasteiger partial charge in [-0.15, -0.1) is 0 Å². The number of anilines is 1. The predicted octanol–water partition coefficient (Wildman–Crippen LogP) is 1.63. The first-order valence-electron chi connectivity index (χ1n) is 6.22. The molecule has 1 unspecified atom stereocenters. The number of carboxylic acid groups (broad SMARTS) is 1. The van der Waals surface area contributed by atoms with Crippen molar-refractivity contribution in [1.82, 2.24) is 5.32 Å². The smallest absolute Gasteiger partial charge is 0.329 e. The molecule has 0 saturated carbocycles. The summed E-state index contributed by atoms with van der Waals surface area (Å²) < 4.78 is 0. The van der Waals surface area contributed by atoms with Crippen LogP contribution >= 0.6 is 0 Å². The number of hydrogen-bond acceptors (Lipinski definition) is 3. The van der Waals surface area contributed by atoms with E-state index < -0.39 is 17.4 Å². The van der Waals surface area contributed by atoms with Crippen LogP contribution in [0.4, 0.5) is 5.69 Å². The van der Waals surface area contributed by atoms with Gasteiger partial charge in [-0.25, -0.2) is 4.79 Å². The zero-order valence-corrected chi connectivity index (χ0v) is 11.7. The summed E-state index contributed by atoms with van der Waals surface area (Å²) in [6.45, 7) is 4.54. The Morgan fingerprint density at radius 2 is 1.75 bits per heavy atom. The number of carboxylic acids is 1. The molecular weight excluding hydrogens is 260 g/mol. The van der Waals surface area contributed by atoms with Crippen molar-refractivity contribution in [2.24, 2.45) is 0 Å². The Morgan fingerprint density at radius 1 is 1.20 bits per heavy atom. The van der Waals surface area contributed by atoms with Gasteiger partial charge in [0.25, 0.3) is 5.91 Å². The van der Waals surface area contributed by atoms with Gasteiger partial charge in [-0.2, -0.15) is 0 Å². The number of carbonyl (C=O) groups is 3. The molecule has 3 N–H and O–H groups in total. The van der Waals surface area contributed by atoms with Crippen molar-refractivity contribution in [3.8, 4) is 0 Å². The Labute approximate surface area is 117 Å². The van der Waals surface area contributed by atoms with Crippen molar-refractivity contribution >= 4 is 23.5 Å². The Balaban J connectivity index is 2.83. The number of nitrogens with one attached hydrogen (secondary N) is 2. The molecule has 1 aromatic carbocycles. The molecule has 1 atom stereocenters. The van der Waals surface area contributed by atoms with E-state index in [0.717, 1.165) is 0 Å². The molecule has 0 saturated heterocycles. The molecule has 0 aliphatic carbocycles. The molecule has 0 radical (unpaired) electrons. The van der Waals surface area contributed by atoms with Crippen LogP contribution in [0, 0.1) is 0 Å². The van der Waals surface area contributed by atoms with Gasteiger partial charge in [0, 0.05) is 18.2 Å². The maximum Gasteiger partial charge on any atom is 0.329 e. The van der Waals surface area contributed by atoms with Crippen LogP contribution in [0.1, 0.15) is 37.6 Å². The Hall–Kier alpha value is -2.37. The first kappa shape index (κ1) is 15.7. The minimum absolute atomic E-state index is 0.202. The molecule has 1 aromatic rings. The molecule has 0 aliphatic rings. The van der Waals surface area contributed by atoms with E-state index in [4.69, 9.17) is 5.11 Å². The lowest BCUT2D eigenvalue weighted by Crippen LogP contribution is -2.51. The largest absolute Gasteiger partial charge is 0.480 e. The topological polar surface area (TPSA) is 95.5 Å². The van der Waals surface area contributed by atoms with Gasteiger partial charge in [-0.1, -0.05) is 6.92 Å². The molecule has 1 rings (SSSR count). The van der Waals surface area contributed by atoms with E-state index >= 15 is 0 Å². The number of rotatable bonds is 5. The molecule has 0 aliphatic heterocycles. The van der Waals surface area contributed by atoms with Crippen LogP contribution in [0.3, 0.4) is 0 Å².